The Morgan fingerprint density at radius 2 is 1.88 bits per heavy atom. The third-order valence-electron chi connectivity index (χ3n) is 4.13. The van der Waals surface area contributed by atoms with Gasteiger partial charge in [0, 0.05) is 44.1 Å². The lowest BCUT2D eigenvalue weighted by molar-refractivity contribution is -0.384. The van der Waals surface area contributed by atoms with Gasteiger partial charge in [-0.05, 0) is 30.3 Å². The number of nitrogens with one attached hydrogen (secondary N) is 1. The number of benzene rings is 1. The first kappa shape index (κ1) is 17.7. The molecule has 0 radical (unpaired) electrons. The highest BCUT2D eigenvalue weighted by Crippen LogP contribution is 2.25. The van der Waals surface area contributed by atoms with Crippen LogP contribution in [-0.4, -0.2) is 53.4 Å². The zero-order valence-electron chi connectivity index (χ0n) is 14.0. The van der Waals surface area contributed by atoms with E-state index in [1.54, 1.807) is 0 Å². The second-order valence-corrected chi connectivity index (χ2v) is 5.92. The minimum absolute atomic E-state index is 0.0185. The average molecular weight is 359 g/mol. The van der Waals surface area contributed by atoms with E-state index in [0.717, 1.165) is 0 Å². The number of pyridine rings is 1. The molecule has 1 saturated heterocycles. The topological polar surface area (TPSA) is 91.6 Å². The summed E-state index contributed by atoms with van der Waals surface area (Å²) in [6.45, 7) is 2.47. The van der Waals surface area contributed by atoms with Crippen molar-refractivity contribution in [1.82, 2.24) is 9.88 Å². The molecule has 1 aliphatic rings. The van der Waals surface area contributed by atoms with Crippen LogP contribution in [0.2, 0.25) is 0 Å². The van der Waals surface area contributed by atoms with Crippen LogP contribution in [0.25, 0.3) is 0 Å². The molecule has 0 unspecified atom stereocenters. The minimum atomic E-state index is -0.440. The fraction of sp³-hybridized carbons (Fsp3) is 0.294. The summed E-state index contributed by atoms with van der Waals surface area (Å²) in [6.07, 6.45) is 1.53. The molecular weight excluding hydrogens is 341 g/mol. The molecule has 0 saturated carbocycles. The predicted octanol–water partition coefficient (Wildman–Crippen LogP) is 1.89. The van der Waals surface area contributed by atoms with Crippen LogP contribution in [-0.2, 0) is 4.79 Å². The molecule has 1 aromatic carbocycles. The van der Waals surface area contributed by atoms with E-state index in [1.807, 2.05) is 9.80 Å². The number of carbonyl (C=O) groups excluding carboxylic acids is 1. The van der Waals surface area contributed by atoms with Crippen LogP contribution in [0.4, 0.5) is 21.6 Å². The van der Waals surface area contributed by atoms with E-state index in [1.165, 1.54) is 42.6 Å². The fourth-order valence-corrected chi connectivity index (χ4v) is 2.83. The van der Waals surface area contributed by atoms with Gasteiger partial charge in [-0.15, -0.1) is 0 Å². The van der Waals surface area contributed by atoms with Crippen LogP contribution in [0.5, 0.6) is 0 Å². The maximum absolute atomic E-state index is 12.9. The van der Waals surface area contributed by atoms with Gasteiger partial charge in [-0.2, -0.15) is 0 Å². The number of nitro groups is 1. The van der Waals surface area contributed by atoms with Crippen molar-refractivity contribution in [2.75, 3.05) is 42.9 Å². The summed E-state index contributed by atoms with van der Waals surface area (Å²) in [5, 5.41) is 13.8. The molecule has 0 bridgehead atoms. The van der Waals surface area contributed by atoms with Gasteiger partial charge in [0.1, 0.15) is 5.82 Å². The molecule has 2 aromatic rings. The van der Waals surface area contributed by atoms with Gasteiger partial charge in [-0.1, -0.05) is 0 Å². The van der Waals surface area contributed by atoms with Crippen molar-refractivity contribution in [1.29, 1.82) is 0 Å². The summed E-state index contributed by atoms with van der Waals surface area (Å²) in [7, 11) is 0. The molecule has 0 atom stereocenters. The highest BCUT2D eigenvalue weighted by molar-refractivity contribution is 5.92. The molecule has 0 spiro atoms. The van der Waals surface area contributed by atoms with Crippen LogP contribution >= 0.6 is 0 Å². The molecule has 1 N–H and O–H groups in total. The molecule has 9 heteroatoms. The molecule has 136 valence electrons. The first-order chi connectivity index (χ1) is 12.5. The lowest BCUT2D eigenvalue weighted by Crippen LogP contribution is -2.49. The van der Waals surface area contributed by atoms with Gasteiger partial charge in [-0.3, -0.25) is 19.8 Å². The van der Waals surface area contributed by atoms with Crippen LogP contribution in [0, 0.1) is 15.9 Å². The number of hydrogen-bond donors (Lipinski definition) is 1. The molecule has 8 nitrogen and oxygen atoms in total. The summed E-state index contributed by atoms with van der Waals surface area (Å²) in [6, 6.07) is 8.56. The van der Waals surface area contributed by atoms with Crippen LogP contribution in [0.15, 0.2) is 42.6 Å². The van der Waals surface area contributed by atoms with Gasteiger partial charge < -0.3 is 10.2 Å². The van der Waals surface area contributed by atoms with E-state index in [-0.39, 0.29) is 24.0 Å². The molecule has 1 aliphatic heterocycles. The largest absolute Gasteiger partial charge is 0.348 e. The average Bonchev–Trinajstić information content (AvgIpc) is 2.64. The van der Waals surface area contributed by atoms with Gasteiger partial charge in [-0.25, -0.2) is 9.37 Å². The molecule has 1 aromatic heterocycles. The van der Waals surface area contributed by atoms with Gasteiger partial charge in [0.15, 0.2) is 0 Å². The highest BCUT2D eigenvalue weighted by atomic mass is 19.1. The van der Waals surface area contributed by atoms with Crippen LogP contribution in [0.1, 0.15) is 0 Å². The van der Waals surface area contributed by atoms with Crippen molar-refractivity contribution in [2.45, 2.75) is 0 Å². The lowest BCUT2D eigenvalue weighted by atomic mass is 10.2. The van der Waals surface area contributed by atoms with E-state index in [4.69, 9.17) is 0 Å². The number of rotatable bonds is 5. The summed E-state index contributed by atoms with van der Waals surface area (Å²) in [5.41, 5.74) is 0.522. The van der Waals surface area contributed by atoms with Gasteiger partial charge in [0.25, 0.3) is 0 Å². The van der Waals surface area contributed by atoms with Crippen molar-refractivity contribution in [3.63, 3.8) is 0 Å². The Kier molecular flexibility index (Phi) is 5.37. The fourth-order valence-electron chi connectivity index (χ4n) is 2.83. The van der Waals surface area contributed by atoms with E-state index in [9.17, 15) is 19.3 Å². The Morgan fingerprint density at radius 3 is 2.54 bits per heavy atom. The molecule has 2 heterocycles. The molecule has 26 heavy (non-hydrogen) atoms. The van der Waals surface area contributed by atoms with Crippen molar-refractivity contribution >= 4 is 23.1 Å². The first-order valence-electron chi connectivity index (χ1n) is 8.15. The number of anilines is 2. The summed E-state index contributed by atoms with van der Waals surface area (Å²) in [4.78, 5) is 30.7. The monoisotopic (exact) mass is 359 g/mol. The van der Waals surface area contributed by atoms with Crippen LogP contribution in [0.3, 0.4) is 0 Å². The summed E-state index contributed by atoms with van der Waals surface area (Å²) < 4.78 is 12.9. The van der Waals surface area contributed by atoms with Gasteiger partial charge in [0.05, 0.1) is 11.5 Å². The quantitative estimate of drug-likeness (QED) is 0.647. The normalized spacial score (nSPS) is 14.9. The second-order valence-electron chi connectivity index (χ2n) is 5.92. The van der Waals surface area contributed by atoms with E-state index < -0.39 is 4.92 Å². The highest BCUT2D eigenvalue weighted by Gasteiger charge is 2.25. The maximum Gasteiger partial charge on any atom is 0.311 e. The molecule has 1 fully saturated rings. The number of aromatic nitrogens is 1. The van der Waals surface area contributed by atoms with E-state index in [2.05, 4.69) is 10.3 Å². The number of piperazine rings is 1. The summed E-state index contributed by atoms with van der Waals surface area (Å²) in [5.74, 6) is -0.190. The third kappa shape index (κ3) is 4.31. The molecule has 1 amide bonds. The molecular formula is C17H18FN5O3. The minimum Gasteiger partial charge on any atom is -0.348 e. The van der Waals surface area contributed by atoms with Crippen LogP contribution < -0.4 is 10.2 Å². The maximum atomic E-state index is 12.9. The lowest BCUT2D eigenvalue weighted by Gasteiger charge is -2.34. The number of amides is 1. The number of nitrogens with zero attached hydrogens (tertiary/aromatic N) is 4. The standard InChI is InChI=1S/C17H18FN5O3/c18-13-3-5-14(6-4-13)20-16(24)12-21-8-10-22(11-9-21)17-15(23(25)26)2-1-7-19-17/h1-7H,8-12H2,(H,20,24). The van der Waals surface area contributed by atoms with E-state index in [0.29, 0.717) is 37.7 Å². The third-order valence-corrected chi connectivity index (χ3v) is 4.13. The van der Waals surface area contributed by atoms with Crippen molar-refractivity contribution < 1.29 is 14.1 Å². The van der Waals surface area contributed by atoms with Crippen molar-refractivity contribution in [2.24, 2.45) is 0 Å². The molecule has 0 aliphatic carbocycles. The Morgan fingerprint density at radius 1 is 1.19 bits per heavy atom. The van der Waals surface area contributed by atoms with Crippen molar-refractivity contribution in [3.8, 4) is 0 Å². The number of hydrogen-bond acceptors (Lipinski definition) is 6. The SMILES string of the molecule is O=C(CN1CCN(c2ncccc2[N+](=O)[O-])CC1)Nc1ccc(F)cc1. The summed E-state index contributed by atoms with van der Waals surface area (Å²) >= 11 is 0. The zero-order valence-corrected chi connectivity index (χ0v) is 14.0. The van der Waals surface area contributed by atoms with E-state index >= 15 is 0 Å². The molecule has 3 rings (SSSR count). The second kappa shape index (κ2) is 7.87. The predicted molar refractivity (Wildman–Crippen MR) is 94.6 cm³/mol. The number of halogens is 1. The Hall–Kier alpha value is -3.07. The zero-order chi connectivity index (χ0) is 18.5. The Balaban J connectivity index is 1.53. The Bertz CT molecular complexity index is 791. The van der Waals surface area contributed by atoms with Gasteiger partial charge in [0.2, 0.25) is 11.7 Å². The van der Waals surface area contributed by atoms with Gasteiger partial charge >= 0.3 is 5.69 Å². The van der Waals surface area contributed by atoms with Crippen molar-refractivity contribution in [3.05, 3.63) is 58.5 Å². The smallest absolute Gasteiger partial charge is 0.311 e. The Labute approximate surface area is 149 Å². The first-order valence-corrected chi connectivity index (χ1v) is 8.15. The number of carbonyl (C=O) groups is 1.